The predicted octanol–water partition coefficient (Wildman–Crippen LogP) is 5.97. The summed E-state index contributed by atoms with van der Waals surface area (Å²) in [6.45, 7) is 0. The lowest BCUT2D eigenvalue weighted by atomic mass is 10.2. The lowest BCUT2D eigenvalue weighted by molar-refractivity contribution is 1.23. The van der Waals surface area contributed by atoms with E-state index < -0.39 is 0 Å². The largest absolute Gasteiger partial charge is 0.228 e. The van der Waals surface area contributed by atoms with Crippen LogP contribution in [0.15, 0.2) is 24.3 Å². The Labute approximate surface area is 132 Å². The molecule has 2 nitrogen and oxygen atoms in total. The second-order valence-corrected chi connectivity index (χ2v) is 6.82. The fraction of sp³-hybridized carbons (Fsp3) is 0. The number of benzene rings is 1. The van der Waals surface area contributed by atoms with Gasteiger partial charge in [-0.15, -0.1) is 11.3 Å². The molecule has 0 aliphatic carbocycles. The molecule has 0 radical (unpaired) electrons. The Balaban J connectivity index is 2.26. The van der Waals surface area contributed by atoms with Crippen molar-refractivity contribution in [2.75, 3.05) is 0 Å². The quantitative estimate of drug-likeness (QED) is 0.505. The van der Waals surface area contributed by atoms with E-state index in [0.717, 1.165) is 0 Å². The van der Waals surface area contributed by atoms with Gasteiger partial charge < -0.3 is 0 Å². The highest BCUT2D eigenvalue weighted by Gasteiger charge is 2.14. The van der Waals surface area contributed by atoms with Gasteiger partial charge in [-0.3, -0.25) is 0 Å². The molecule has 0 saturated heterocycles. The van der Waals surface area contributed by atoms with Gasteiger partial charge >= 0.3 is 0 Å². The third kappa shape index (κ3) is 2.54. The van der Waals surface area contributed by atoms with Crippen molar-refractivity contribution >= 4 is 68.6 Å². The van der Waals surface area contributed by atoms with Crippen molar-refractivity contribution in [3.8, 4) is 11.4 Å². The molecule has 3 rings (SSSR count). The molecule has 1 aromatic carbocycles. The maximum atomic E-state index is 6.16. The van der Waals surface area contributed by atoms with Gasteiger partial charge in [-0.05, 0) is 24.3 Å². The van der Waals surface area contributed by atoms with E-state index in [0.29, 0.717) is 41.1 Å². The molecule has 0 aliphatic rings. The van der Waals surface area contributed by atoms with E-state index in [1.54, 1.807) is 24.3 Å². The van der Waals surface area contributed by atoms with Gasteiger partial charge in [0.25, 0.3) is 0 Å². The van der Waals surface area contributed by atoms with Crippen LogP contribution in [0.1, 0.15) is 0 Å². The van der Waals surface area contributed by atoms with Crippen LogP contribution >= 0.6 is 57.7 Å². The highest BCUT2D eigenvalue weighted by molar-refractivity contribution is 7.20. The van der Waals surface area contributed by atoms with Gasteiger partial charge in [-0.1, -0.05) is 46.4 Å². The van der Waals surface area contributed by atoms with Crippen LogP contribution in [0.4, 0.5) is 0 Å². The number of nitrogens with zero attached hydrogens (tertiary/aromatic N) is 2. The van der Waals surface area contributed by atoms with E-state index in [1.165, 1.54) is 11.3 Å². The Kier molecular flexibility index (Phi) is 3.58. The first-order chi connectivity index (χ1) is 9.04. The number of fused-ring (bicyclic) bond motifs is 1. The summed E-state index contributed by atoms with van der Waals surface area (Å²) in [5.74, 6) is 0.452. The topological polar surface area (TPSA) is 25.8 Å². The molecule has 3 aromatic rings. The fourth-order valence-corrected chi connectivity index (χ4v) is 3.54. The summed E-state index contributed by atoms with van der Waals surface area (Å²) < 4.78 is 1.12. The van der Waals surface area contributed by atoms with E-state index >= 15 is 0 Å². The number of hydrogen-bond acceptors (Lipinski definition) is 3. The summed E-state index contributed by atoms with van der Waals surface area (Å²) in [6, 6.07) is 6.99. The minimum atomic E-state index is 0.334. The highest BCUT2D eigenvalue weighted by atomic mass is 35.5. The zero-order valence-electron chi connectivity index (χ0n) is 9.12. The average molecular weight is 350 g/mol. The molecule has 0 atom stereocenters. The van der Waals surface area contributed by atoms with Gasteiger partial charge in [0.15, 0.2) is 5.82 Å². The molecule has 2 aromatic heterocycles. The number of aromatic nitrogens is 2. The van der Waals surface area contributed by atoms with E-state index in [4.69, 9.17) is 46.4 Å². The van der Waals surface area contributed by atoms with E-state index in [2.05, 4.69) is 9.97 Å². The smallest absolute Gasteiger partial charge is 0.163 e. The predicted molar refractivity (Wildman–Crippen MR) is 82.9 cm³/mol. The molecule has 0 N–H and O–H groups in total. The zero-order valence-corrected chi connectivity index (χ0v) is 13.0. The lowest BCUT2D eigenvalue weighted by Gasteiger charge is -2.04. The fourth-order valence-electron chi connectivity index (χ4n) is 1.68. The van der Waals surface area contributed by atoms with Crippen molar-refractivity contribution in [2.24, 2.45) is 0 Å². The van der Waals surface area contributed by atoms with Crippen LogP contribution in [-0.4, -0.2) is 9.97 Å². The van der Waals surface area contributed by atoms with Crippen LogP contribution < -0.4 is 0 Å². The first-order valence-electron chi connectivity index (χ1n) is 5.12. The van der Waals surface area contributed by atoms with Crippen LogP contribution in [-0.2, 0) is 0 Å². The first-order valence-corrected chi connectivity index (χ1v) is 7.45. The van der Waals surface area contributed by atoms with Crippen molar-refractivity contribution < 1.29 is 0 Å². The molecule has 0 amide bonds. The second-order valence-electron chi connectivity index (χ2n) is 3.74. The molecule has 19 heavy (non-hydrogen) atoms. The van der Waals surface area contributed by atoms with Gasteiger partial charge in [-0.2, -0.15) is 0 Å². The number of hydrogen-bond donors (Lipinski definition) is 0. The molecule has 2 heterocycles. The van der Waals surface area contributed by atoms with Crippen LogP contribution in [0.3, 0.4) is 0 Å². The van der Waals surface area contributed by atoms with Crippen LogP contribution in [0.2, 0.25) is 18.8 Å². The van der Waals surface area contributed by atoms with Crippen molar-refractivity contribution in [1.82, 2.24) is 9.97 Å². The standard InChI is InChI=1S/C12H4Cl4N2S/c13-5-1-2-8-6(3-5)10(15)18-12(17-8)7-4-9(14)19-11(7)16/h1-4H. The SMILES string of the molecule is Clc1ccc2nc(-c3cc(Cl)sc3Cl)nc(Cl)c2c1. The van der Waals surface area contributed by atoms with E-state index in [9.17, 15) is 0 Å². The van der Waals surface area contributed by atoms with Crippen molar-refractivity contribution in [3.63, 3.8) is 0 Å². The molecular weight excluding hydrogens is 346 g/mol. The van der Waals surface area contributed by atoms with Crippen molar-refractivity contribution in [3.05, 3.63) is 43.1 Å². The summed E-state index contributed by atoms with van der Waals surface area (Å²) in [7, 11) is 0. The molecule has 0 spiro atoms. The van der Waals surface area contributed by atoms with Gasteiger partial charge in [0.2, 0.25) is 0 Å². The summed E-state index contributed by atoms with van der Waals surface area (Å²) in [5, 5.41) is 1.62. The maximum Gasteiger partial charge on any atom is 0.163 e. The monoisotopic (exact) mass is 348 g/mol. The number of halogens is 4. The molecular formula is C12H4Cl4N2S. The van der Waals surface area contributed by atoms with Gasteiger partial charge in [0, 0.05) is 10.4 Å². The minimum Gasteiger partial charge on any atom is -0.228 e. The highest BCUT2D eigenvalue weighted by Crippen LogP contribution is 2.38. The maximum absolute atomic E-state index is 6.16. The lowest BCUT2D eigenvalue weighted by Crippen LogP contribution is -1.91. The second kappa shape index (κ2) is 5.08. The summed E-state index contributed by atoms with van der Waals surface area (Å²) in [5.41, 5.74) is 1.38. The molecule has 0 saturated carbocycles. The summed E-state index contributed by atoms with van der Waals surface area (Å²) in [6.07, 6.45) is 0. The summed E-state index contributed by atoms with van der Waals surface area (Å²) >= 11 is 25.4. The number of thiophene rings is 1. The molecule has 0 bridgehead atoms. The molecule has 96 valence electrons. The minimum absolute atomic E-state index is 0.334. The number of rotatable bonds is 1. The third-order valence-corrected chi connectivity index (χ3v) is 4.52. The first kappa shape index (κ1) is 13.4. The van der Waals surface area contributed by atoms with Gasteiger partial charge in [0.1, 0.15) is 9.49 Å². The van der Waals surface area contributed by atoms with Gasteiger partial charge in [-0.25, -0.2) is 9.97 Å². The van der Waals surface area contributed by atoms with E-state index in [1.807, 2.05) is 0 Å². The molecule has 7 heteroatoms. The molecule has 0 fully saturated rings. The van der Waals surface area contributed by atoms with Crippen LogP contribution in [0, 0.1) is 0 Å². The average Bonchev–Trinajstić information content (AvgIpc) is 2.69. The van der Waals surface area contributed by atoms with Gasteiger partial charge in [0.05, 0.1) is 15.4 Å². The molecule has 0 aliphatic heterocycles. The Bertz CT molecular complexity index is 785. The Morgan fingerprint density at radius 1 is 0.947 bits per heavy atom. The Morgan fingerprint density at radius 2 is 1.74 bits per heavy atom. The van der Waals surface area contributed by atoms with E-state index in [-0.39, 0.29) is 0 Å². The molecule has 0 unspecified atom stereocenters. The van der Waals surface area contributed by atoms with Crippen molar-refractivity contribution in [1.29, 1.82) is 0 Å². The van der Waals surface area contributed by atoms with Crippen molar-refractivity contribution in [2.45, 2.75) is 0 Å². The van der Waals surface area contributed by atoms with Crippen LogP contribution in [0.5, 0.6) is 0 Å². The normalized spacial score (nSPS) is 11.2. The Hall–Kier alpha value is -0.580. The zero-order chi connectivity index (χ0) is 13.6. The van der Waals surface area contributed by atoms with Crippen LogP contribution in [0.25, 0.3) is 22.3 Å². The third-order valence-electron chi connectivity index (χ3n) is 2.51. The Morgan fingerprint density at radius 3 is 2.42 bits per heavy atom. The summed E-state index contributed by atoms with van der Waals surface area (Å²) in [4.78, 5) is 8.68.